The Labute approximate surface area is 281 Å². The van der Waals surface area contributed by atoms with Crippen molar-refractivity contribution in [3.05, 3.63) is 29.1 Å². The third-order valence-electron chi connectivity index (χ3n) is 8.20. The molecule has 1 aromatic heterocycles. The molecule has 2 atom stereocenters. The summed E-state index contributed by atoms with van der Waals surface area (Å²) in [5.74, 6) is 1.71. The number of allylic oxidation sites excluding steroid dienone is 1. The molecule has 0 bridgehead atoms. The maximum absolute atomic E-state index is 12.8. The second kappa shape index (κ2) is 27.9. The van der Waals surface area contributed by atoms with Gasteiger partial charge in [0, 0.05) is 65.7 Å². The molecule has 2 unspecified atom stereocenters. The van der Waals surface area contributed by atoms with Crippen LogP contribution >= 0.6 is 11.8 Å². The smallest absolute Gasteiger partial charge is 0.316 e. The van der Waals surface area contributed by atoms with Crippen molar-refractivity contribution in [3.8, 4) is 6.01 Å². The van der Waals surface area contributed by atoms with Gasteiger partial charge in [0.15, 0.2) is 0 Å². The number of nitrogens with zero attached hydrogens (tertiary/aromatic N) is 3. The number of unbranched alkanes of at least 4 members (excludes halogenated alkanes) is 15. The summed E-state index contributed by atoms with van der Waals surface area (Å²) < 4.78 is 30.5. The molecule has 0 radical (unpaired) electrons. The Hall–Kier alpha value is -1.20. The van der Waals surface area contributed by atoms with Gasteiger partial charge in [0.1, 0.15) is 6.10 Å². The molecule has 1 aliphatic rings. The van der Waals surface area contributed by atoms with E-state index in [2.05, 4.69) is 28.7 Å². The lowest BCUT2D eigenvalue weighted by Gasteiger charge is -2.19. The van der Waals surface area contributed by atoms with Gasteiger partial charge in [0.05, 0.1) is 31.5 Å². The number of rotatable bonds is 31. The molecule has 0 aliphatic carbocycles. The van der Waals surface area contributed by atoms with Crippen LogP contribution in [0, 0.1) is 0 Å². The zero-order valence-corrected chi connectivity index (χ0v) is 30.1. The minimum absolute atomic E-state index is 0.182. The van der Waals surface area contributed by atoms with Crippen molar-refractivity contribution >= 4 is 22.6 Å². The lowest BCUT2D eigenvalue weighted by atomic mass is 10.0. The molecule has 2 heterocycles. The zero-order chi connectivity index (χ0) is 32.2. The van der Waals surface area contributed by atoms with E-state index in [-0.39, 0.29) is 18.7 Å². The molecule has 0 fully saturated rings. The second-order valence-electron chi connectivity index (χ2n) is 12.1. The standard InChI is InChI=1S/C35H63N3O5S2/c1-3-4-5-6-7-8-9-10-11-12-13-14-15-16-17-18-25-42-29-33(43-35-36-21-19-22-37-35)30-45(40)28-27-41-26-23-38-31-44-34(20-24-39)32(38)2/h19,21-22,33,39H,3-18,20,23-31H2,1-2H3. The van der Waals surface area contributed by atoms with Crippen molar-refractivity contribution < 1.29 is 23.5 Å². The van der Waals surface area contributed by atoms with Crippen LogP contribution in [-0.4, -0.2) is 87.2 Å². The number of aliphatic hydroxyl groups is 1. The van der Waals surface area contributed by atoms with Crippen LogP contribution in [0.25, 0.3) is 0 Å². The Balaban J connectivity index is 1.50. The molecule has 0 saturated carbocycles. The molecule has 10 heteroatoms. The molecular formula is C35H63N3O5S2. The van der Waals surface area contributed by atoms with Gasteiger partial charge < -0.3 is 24.2 Å². The van der Waals surface area contributed by atoms with Crippen LogP contribution in [0.3, 0.4) is 0 Å². The van der Waals surface area contributed by atoms with E-state index < -0.39 is 10.8 Å². The van der Waals surface area contributed by atoms with Crippen LogP contribution in [0.5, 0.6) is 6.01 Å². The largest absolute Gasteiger partial charge is 0.457 e. The summed E-state index contributed by atoms with van der Waals surface area (Å²) >= 11 is 1.78. The monoisotopic (exact) mass is 669 g/mol. The molecule has 0 spiro atoms. The van der Waals surface area contributed by atoms with Crippen LogP contribution in [-0.2, 0) is 20.3 Å². The van der Waals surface area contributed by atoms with E-state index in [4.69, 9.17) is 14.2 Å². The average molecular weight is 670 g/mol. The second-order valence-corrected chi connectivity index (χ2v) is 14.8. The number of ether oxygens (including phenoxy) is 3. The van der Waals surface area contributed by atoms with E-state index in [1.54, 1.807) is 30.2 Å². The Morgan fingerprint density at radius 1 is 0.867 bits per heavy atom. The minimum Gasteiger partial charge on any atom is -0.457 e. The third-order valence-corrected chi connectivity index (χ3v) is 10.9. The molecule has 1 N–H and O–H groups in total. The molecule has 1 aliphatic heterocycles. The van der Waals surface area contributed by atoms with Crippen LogP contribution in [0.4, 0.5) is 0 Å². The van der Waals surface area contributed by atoms with Crippen molar-refractivity contribution in [2.24, 2.45) is 0 Å². The minimum atomic E-state index is -1.10. The van der Waals surface area contributed by atoms with Crippen molar-refractivity contribution in [1.29, 1.82) is 0 Å². The third kappa shape index (κ3) is 20.6. The number of aliphatic hydroxyl groups excluding tert-OH is 1. The lowest BCUT2D eigenvalue weighted by Crippen LogP contribution is -2.31. The fourth-order valence-electron chi connectivity index (χ4n) is 5.42. The molecule has 8 nitrogen and oxygen atoms in total. The fourth-order valence-corrected chi connectivity index (χ4v) is 7.68. The summed E-state index contributed by atoms with van der Waals surface area (Å²) in [6.07, 6.45) is 25.2. The summed E-state index contributed by atoms with van der Waals surface area (Å²) in [6.45, 7) is 7.44. The van der Waals surface area contributed by atoms with Crippen LogP contribution in [0.15, 0.2) is 29.1 Å². The summed E-state index contributed by atoms with van der Waals surface area (Å²) in [5, 5.41) is 9.19. The lowest BCUT2D eigenvalue weighted by molar-refractivity contribution is 0.0537. The molecule has 0 amide bonds. The van der Waals surface area contributed by atoms with Gasteiger partial charge in [0.25, 0.3) is 0 Å². The van der Waals surface area contributed by atoms with Gasteiger partial charge in [-0.3, -0.25) is 4.21 Å². The molecule has 1 aromatic rings. The molecule has 260 valence electrons. The van der Waals surface area contributed by atoms with E-state index in [1.165, 1.54) is 107 Å². The molecular weight excluding hydrogens is 607 g/mol. The first-order chi connectivity index (χ1) is 22.1. The Morgan fingerprint density at radius 2 is 1.47 bits per heavy atom. The van der Waals surface area contributed by atoms with E-state index >= 15 is 0 Å². The molecule has 0 aromatic carbocycles. The maximum Gasteiger partial charge on any atom is 0.316 e. The van der Waals surface area contributed by atoms with Crippen molar-refractivity contribution in [3.63, 3.8) is 0 Å². The number of hydrogen-bond acceptors (Lipinski definition) is 9. The van der Waals surface area contributed by atoms with Gasteiger partial charge >= 0.3 is 6.01 Å². The van der Waals surface area contributed by atoms with Gasteiger partial charge in [-0.2, -0.15) is 0 Å². The van der Waals surface area contributed by atoms with E-state index in [0.717, 1.165) is 18.8 Å². The Morgan fingerprint density at radius 3 is 2.07 bits per heavy atom. The number of hydrogen-bond donors (Lipinski definition) is 1. The average Bonchev–Trinajstić information content (AvgIpc) is 3.39. The molecule has 0 saturated heterocycles. The SMILES string of the molecule is CCCCCCCCCCCCCCCCCCOCC(CS(=O)CCOCCN1CSC(CCO)=C1C)Oc1ncccn1. The summed E-state index contributed by atoms with van der Waals surface area (Å²) in [7, 11) is -1.10. The van der Waals surface area contributed by atoms with Crippen LogP contribution in [0.1, 0.15) is 123 Å². The van der Waals surface area contributed by atoms with E-state index in [0.29, 0.717) is 44.4 Å². The highest BCUT2D eigenvalue weighted by atomic mass is 32.2. The summed E-state index contributed by atoms with van der Waals surface area (Å²) in [5.41, 5.74) is 1.23. The highest BCUT2D eigenvalue weighted by Crippen LogP contribution is 2.33. The van der Waals surface area contributed by atoms with Crippen molar-refractivity contribution in [2.75, 3.05) is 57.0 Å². The first-order valence-electron chi connectivity index (χ1n) is 17.8. The first-order valence-corrected chi connectivity index (χ1v) is 20.2. The molecule has 45 heavy (non-hydrogen) atoms. The van der Waals surface area contributed by atoms with Crippen molar-refractivity contribution in [1.82, 2.24) is 14.9 Å². The number of thioether (sulfide) groups is 1. The predicted octanol–water partition coefficient (Wildman–Crippen LogP) is 7.89. The highest BCUT2D eigenvalue weighted by Gasteiger charge is 2.19. The van der Waals surface area contributed by atoms with Gasteiger partial charge in [-0.1, -0.05) is 103 Å². The van der Waals surface area contributed by atoms with Gasteiger partial charge in [-0.25, -0.2) is 9.97 Å². The highest BCUT2D eigenvalue weighted by molar-refractivity contribution is 8.03. The number of aromatic nitrogens is 2. The van der Waals surface area contributed by atoms with Crippen LogP contribution in [0.2, 0.25) is 0 Å². The van der Waals surface area contributed by atoms with Gasteiger partial charge in [-0.15, -0.1) is 11.8 Å². The van der Waals surface area contributed by atoms with Crippen LogP contribution < -0.4 is 4.74 Å². The quantitative estimate of drug-likeness (QED) is 0.0792. The topological polar surface area (TPSA) is 94.0 Å². The summed E-state index contributed by atoms with van der Waals surface area (Å²) in [4.78, 5) is 11.9. The Bertz CT molecular complexity index is 893. The van der Waals surface area contributed by atoms with Crippen molar-refractivity contribution in [2.45, 2.75) is 129 Å². The fraction of sp³-hybridized carbons (Fsp3) is 0.829. The zero-order valence-electron chi connectivity index (χ0n) is 28.4. The van der Waals surface area contributed by atoms with E-state index in [1.807, 2.05) is 0 Å². The predicted molar refractivity (Wildman–Crippen MR) is 189 cm³/mol. The molecule has 2 rings (SSSR count). The van der Waals surface area contributed by atoms with E-state index in [9.17, 15) is 9.32 Å². The first kappa shape index (κ1) is 40.0. The summed E-state index contributed by atoms with van der Waals surface area (Å²) in [6, 6.07) is 2.03. The Kier molecular flexibility index (Phi) is 24.8. The van der Waals surface area contributed by atoms with Gasteiger partial charge in [-0.05, 0) is 19.4 Å². The normalized spacial score (nSPS) is 14.8. The van der Waals surface area contributed by atoms with Gasteiger partial charge in [0.2, 0.25) is 0 Å². The maximum atomic E-state index is 12.8.